The van der Waals surface area contributed by atoms with Gasteiger partial charge in [0.1, 0.15) is 5.78 Å². The standard InChI is InChI=1S/C17H25NO2/c1-13-9-14(2)11-15(10-13)12-16(19)5-8-20-17-3-6-18-7-4-17/h9-11,17-18H,3-8,12H2,1-2H3. The second kappa shape index (κ2) is 7.55. The summed E-state index contributed by atoms with van der Waals surface area (Å²) in [5.74, 6) is 0.268. The molecule has 1 aliphatic rings. The maximum atomic E-state index is 12.0. The van der Waals surface area contributed by atoms with Crippen LogP contribution in [-0.4, -0.2) is 31.6 Å². The number of aryl methyl sites for hydroxylation is 2. The van der Waals surface area contributed by atoms with E-state index in [1.807, 2.05) is 0 Å². The highest BCUT2D eigenvalue weighted by molar-refractivity contribution is 5.81. The van der Waals surface area contributed by atoms with Crippen LogP contribution in [0.2, 0.25) is 0 Å². The van der Waals surface area contributed by atoms with Crippen LogP contribution in [0.25, 0.3) is 0 Å². The molecule has 1 aromatic carbocycles. The second-order valence-corrected chi connectivity index (χ2v) is 5.78. The van der Waals surface area contributed by atoms with Crippen molar-refractivity contribution in [3.63, 3.8) is 0 Å². The number of hydrogen-bond acceptors (Lipinski definition) is 3. The van der Waals surface area contributed by atoms with Crippen molar-refractivity contribution < 1.29 is 9.53 Å². The van der Waals surface area contributed by atoms with Crippen molar-refractivity contribution in [3.05, 3.63) is 34.9 Å². The van der Waals surface area contributed by atoms with Crippen molar-refractivity contribution in [1.82, 2.24) is 5.32 Å². The minimum atomic E-state index is 0.268. The van der Waals surface area contributed by atoms with E-state index in [-0.39, 0.29) is 5.78 Å². The topological polar surface area (TPSA) is 38.3 Å². The minimum Gasteiger partial charge on any atom is -0.378 e. The summed E-state index contributed by atoms with van der Waals surface area (Å²) in [6.07, 6.45) is 3.51. The van der Waals surface area contributed by atoms with Gasteiger partial charge in [-0.25, -0.2) is 0 Å². The molecule has 1 aliphatic heterocycles. The lowest BCUT2D eigenvalue weighted by atomic mass is 10.0. The van der Waals surface area contributed by atoms with E-state index in [2.05, 4.69) is 37.4 Å². The third-order valence-corrected chi connectivity index (χ3v) is 3.70. The van der Waals surface area contributed by atoms with Gasteiger partial charge in [-0.1, -0.05) is 29.3 Å². The van der Waals surface area contributed by atoms with Gasteiger partial charge in [-0.05, 0) is 45.3 Å². The Balaban J connectivity index is 1.72. The van der Waals surface area contributed by atoms with Crippen molar-refractivity contribution in [3.8, 4) is 0 Å². The Morgan fingerprint density at radius 2 is 1.85 bits per heavy atom. The van der Waals surface area contributed by atoms with Crippen LogP contribution in [0, 0.1) is 13.8 Å². The molecule has 1 saturated heterocycles. The molecular weight excluding hydrogens is 250 g/mol. The van der Waals surface area contributed by atoms with Crippen LogP contribution in [-0.2, 0) is 16.0 Å². The van der Waals surface area contributed by atoms with E-state index in [9.17, 15) is 4.79 Å². The highest BCUT2D eigenvalue weighted by Gasteiger charge is 2.13. The third kappa shape index (κ3) is 5.06. The van der Waals surface area contributed by atoms with Crippen LogP contribution in [0.1, 0.15) is 36.0 Å². The van der Waals surface area contributed by atoms with Crippen molar-refractivity contribution >= 4 is 5.78 Å². The highest BCUT2D eigenvalue weighted by Crippen LogP contribution is 2.11. The molecule has 0 amide bonds. The van der Waals surface area contributed by atoms with E-state index in [1.165, 1.54) is 11.1 Å². The number of ketones is 1. The lowest BCUT2D eigenvalue weighted by molar-refractivity contribution is -0.120. The monoisotopic (exact) mass is 275 g/mol. The lowest BCUT2D eigenvalue weighted by Gasteiger charge is -2.22. The summed E-state index contributed by atoms with van der Waals surface area (Å²) in [7, 11) is 0. The van der Waals surface area contributed by atoms with Crippen molar-refractivity contribution in [2.45, 2.75) is 45.6 Å². The number of rotatable bonds is 6. The summed E-state index contributed by atoms with van der Waals surface area (Å²) < 4.78 is 5.78. The normalized spacial score (nSPS) is 16.3. The third-order valence-electron chi connectivity index (χ3n) is 3.70. The summed E-state index contributed by atoms with van der Waals surface area (Å²) in [6.45, 7) is 6.76. The number of nitrogens with one attached hydrogen (secondary N) is 1. The molecule has 1 heterocycles. The van der Waals surface area contributed by atoms with Crippen LogP contribution < -0.4 is 5.32 Å². The van der Waals surface area contributed by atoms with E-state index in [4.69, 9.17) is 4.74 Å². The fourth-order valence-electron chi connectivity index (χ4n) is 2.79. The van der Waals surface area contributed by atoms with E-state index >= 15 is 0 Å². The largest absolute Gasteiger partial charge is 0.378 e. The Kier molecular flexibility index (Phi) is 5.74. The molecule has 0 saturated carbocycles. The van der Waals surface area contributed by atoms with E-state index in [0.29, 0.717) is 25.6 Å². The zero-order chi connectivity index (χ0) is 14.4. The Bertz CT molecular complexity index is 430. The molecule has 1 fully saturated rings. The first-order valence-corrected chi connectivity index (χ1v) is 7.54. The molecule has 0 aliphatic carbocycles. The molecule has 0 unspecified atom stereocenters. The SMILES string of the molecule is Cc1cc(C)cc(CC(=O)CCOC2CCNCC2)c1. The zero-order valence-corrected chi connectivity index (χ0v) is 12.6. The fraction of sp³-hybridized carbons (Fsp3) is 0.588. The number of piperidine rings is 1. The molecule has 0 spiro atoms. The minimum absolute atomic E-state index is 0.268. The van der Waals surface area contributed by atoms with Gasteiger partial charge in [-0.3, -0.25) is 4.79 Å². The number of carbonyl (C=O) groups is 1. The van der Waals surface area contributed by atoms with Gasteiger partial charge in [0.15, 0.2) is 0 Å². The van der Waals surface area contributed by atoms with Crippen molar-refractivity contribution in [2.75, 3.05) is 19.7 Å². The first kappa shape index (κ1) is 15.2. The summed E-state index contributed by atoms with van der Waals surface area (Å²) in [4.78, 5) is 12.0. The van der Waals surface area contributed by atoms with Crippen LogP contribution in [0.3, 0.4) is 0 Å². The molecule has 2 rings (SSSR count). The number of benzene rings is 1. The van der Waals surface area contributed by atoms with Crippen LogP contribution in [0.5, 0.6) is 0 Å². The Morgan fingerprint density at radius 3 is 2.50 bits per heavy atom. The quantitative estimate of drug-likeness (QED) is 0.867. The number of ether oxygens (including phenoxy) is 1. The van der Waals surface area contributed by atoms with Crippen LogP contribution >= 0.6 is 0 Å². The average Bonchev–Trinajstić information content (AvgIpc) is 2.38. The van der Waals surface area contributed by atoms with Gasteiger partial charge >= 0.3 is 0 Å². The van der Waals surface area contributed by atoms with Gasteiger partial charge in [-0.15, -0.1) is 0 Å². The lowest BCUT2D eigenvalue weighted by Crippen LogP contribution is -2.32. The van der Waals surface area contributed by atoms with E-state index in [0.717, 1.165) is 31.5 Å². The number of Topliss-reactive ketones (excluding diaryl/α,β-unsaturated/α-hetero) is 1. The maximum Gasteiger partial charge on any atom is 0.139 e. The molecule has 0 atom stereocenters. The number of hydrogen-bond donors (Lipinski definition) is 1. The predicted molar refractivity (Wildman–Crippen MR) is 81.1 cm³/mol. The van der Waals surface area contributed by atoms with Gasteiger partial charge in [0, 0.05) is 12.8 Å². The zero-order valence-electron chi connectivity index (χ0n) is 12.6. The van der Waals surface area contributed by atoms with Gasteiger partial charge in [0.05, 0.1) is 12.7 Å². The summed E-state index contributed by atoms with van der Waals surface area (Å²) in [5, 5.41) is 3.31. The average molecular weight is 275 g/mol. The predicted octanol–water partition coefficient (Wildman–Crippen LogP) is 2.57. The van der Waals surface area contributed by atoms with Gasteiger partial charge in [0.2, 0.25) is 0 Å². The smallest absolute Gasteiger partial charge is 0.139 e. The van der Waals surface area contributed by atoms with Crippen LogP contribution in [0.4, 0.5) is 0 Å². The molecule has 1 aromatic rings. The molecule has 0 aromatic heterocycles. The first-order valence-electron chi connectivity index (χ1n) is 7.54. The molecule has 3 heteroatoms. The van der Waals surface area contributed by atoms with Gasteiger partial charge < -0.3 is 10.1 Å². The maximum absolute atomic E-state index is 12.0. The Labute approximate surface area is 121 Å². The van der Waals surface area contributed by atoms with Crippen molar-refractivity contribution in [1.29, 1.82) is 0 Å². The van der Waals surface area contributed by atoms with E-state index < -0.39 is 0 Å². The first-order chi connectivity index (χ1) is 9.63. The summed E-state index contributed by atoms with van der Waals surface area (Å²) in [5.41, 5.74) is 3.56. The Morgan fingerprint density at radius 1 is 1.20 bits per heavy atom. The fourth-order valence-corrected chi connectivity index (χ4v) is 2.79. The molecule has 0 radical (unpaired) electrons. The van der Waals surface area contributed by atoms with Crippen molar-refractivity contribution in [2.24, 2.45) is 0 Å². The summed E-state index contributed by atoms with van der Waals surface area (Å²) >= 11 is 0. The second-order valence-electron chi connectivity index (χ2n) is 5.78. The molecule has 1 N–H and O–H groups in total. The summed E-state index contributed by atoms with van der Waals surface area (Å²) in [6, 6.07) is 6.32. The molecule has 110 valence electrons. The van der Waals surface area contributed by atoms with E-state index in [1.54, 1.807) is 0 Å². The van der Waals surface area contributed by atoms with Crippen LogP contribution in [0.15, 0.2) is 18.2 Å². The van der Waals surface area contributed by atoms with Gasteiger partial charge in [-0.2, -0.15) is 0 Å². The highest BCUT2D eigenvalue weighted by atomic mass is 16.5. The molecule has 20 heavy (non-hydrogen) atoms. The number of carbonyl (C=O) groups excluding carboxylic acids is 1. The Hall–Kier alpha value is -1.19. The van der Waals surface area contributed by atoms with Gasteiger partial charge in [0.25, 0.3) is 0 Å². The molecular formula is C17H25NO2. The molecule has 0 bridgehead atoms. The molecule has 3 nitrogen and oxygen atoms in total.